The molecule has 0 radical (unpaired) electrons. The first-order valence-corrected chi connectivity index (χ1v) is 6.52. The fourth-order valence-electron chi connectivity index (χ4n) is 1.68. The van der Waals surface area contributed by atoms with Gasteiger partial charge in [-0.15, -0.1) is 0 Å². The lowest BCUT2D eigenvalue weighted by molar-refractivity contribution is -0.130. The zero-order valence-electron chi connectivity index (χ0n) is 11.6. The number of aryl methyl sites for hydroxylation is 1. The Labute approximate surface area is 109 Å². The van der Waals surface area contributed by atoms with Crippen LogP contribution < -0.4 is 5.73 Å². The van der Waals surface area contributed by atoms with Gasteiger partial charge in [0.05, 0.1) is 6.26 Å². The second-order valence-corrected chi connectivity index (χ2v) is 5.09. The van der Waals surface area contributed by atoms with Crippen molar-refractivity contribution < 1.29 is 9.21 Å². The van der Waals surface area contributed by atoms with Crippen molar-refractivity contribution in [3.05, 3.63) is 24.2 Å². The minimum Gasteiger partial charge on any atom is -0.469 e. The van der Waals surface area contributed by atoms with Crippen LogP contribution in [0.15, 0.2) is 22.8 Å². The molecule has 1 heterocycles. The van der Waals surface area contributed by atoms with Crippen molar-refractivity contribution in [2.24, 2.45) is 11.7 Å². The van der Waals surface area contributed by atoms with Crippen LogP contribution in [-0.2, 0) is 11.2 Å². The van der Waals surface area contributed by atoms with E-state index in [4.69, 9.17) is 10.2 Å². The molecule has 0 saturated carbocycles. The average molecular weight is 252 g/mol. The lowest BCUT2D eigenvalue weighted by Crippen LogP contribution is -2.34. The summed E-state index contributed by atoms with van der Waals surface area (Å²) in [6.45, 7) is 4.92. The smallest absolute Gasteiger partial charge is 0.222 e. The van der Waals surface area contributed by atoms with Crippen molar-refractivity contribution >= 4 is 5.91 Å². The summed E-state index contributed by atoms with van der Waals surface area (Å²) in [6.07, 6.45) is 3.62. The van der Waals surface area contributed by atoms with Crippen LogP contribution in [0.25, 0.3) is 0 Å². The molecule has 4 nitrogen and oxygen atoms in total. The highest BCUT2D eigenvalue weighted by atomic mass is 16.3. The number of hydrogen-bond acceptors (Lipinski definition) is 3. The molecule has 4 heteroatoms. The SMILES string of the molecule is CC(C)C(N)CCN(C)C(=O)CCc1ccco1. The van der Waals surface area contributed by atoms with Gasteiger partial charge in [0, 0.05) is 32.5 Å². The fourth-order valence-corrected chi connectivity index (χ4v) is 1.68. The summed E-state index contributed by atoms with van der Waals surface area (Å²) in [5.74, 6) is 1.45. The summed E-state index contributed by atoms with van der Waals surface area (Å²) < 4.78 is 5.20. The summed E-state index contributed by atoms with van der Waals surface area (Å²) >= 11 is 0. The first-order chi connectivity index (χ1) is 8.50. The van der Waals surface area contributed by atoms with E-state index in [2.05, 4.69) is 13.8 Å². The van der Waals surface area contributed by atoms with Crippen molar-refractivity contribution in [3.63, 3.8) is 0 Å². The first kappa shape index (κ1) is 14.8. The van der Waals surface area contributed by atoms with Gasteiger partial charge in [0.25, 0.3) is 0 Å². The van der Waals surface area contributed by atoms with Crippen LogP contribution in [0, 0.1) is 5.92 Å². The predicted octanol–water partition coefficient (Wildman–Crippen LogP) is 2.04. The zero-order chi connectivity index (χ0) is 13.5. The minimum absolute atomic E-state index is 0.141. The summed E-state index contributed by atoms with van der Waals surface area (Å²) in [5.41, 5.74) is 5.96. The van der Waals surface area contributed by atoms with E-state index in [1.807, 2.05) is 19.2 Å². The number of carbonyl (C=O) groups excluding carboxylic acids is 1. The third kappa shape index (κ3) is 4.92. The Hall–Kier alpha value is -1.29. The van der Waals surface area contributed by atoms with Crippen molar-refractivity contribution in [2.75, 3.05) is 13.6 Å². The largest absolute Gasteiger partial charge is 0.469 e. The normalized spacial score (nSPS) is 12.7. The number of amides is 1. The van der Waals surface area contributed by atoms with Crippen LogP contribution in [0.2, 0.25) is 0 Å². The fraction of sp³-hybridized carbons (Fsp3) is 0.643. The summed E-state index contributed by atoms with van der Waals surface area (Å²) in [5, 5.41) is 0. The molecule has 102 valence electrons. The molecule has 0 fully saturated rings. The Bertz CT molecular complexity index is 347. The number of furan rings is 1. The van der Waals surface area contributed by atoms with Crippen LogP contribution in [0.1, 0.15) is 32.4 Å². The van der Waals surface area contributed by atoms with Gasteiger partial charge < -0.3 is 15.1 Å². The van der Waals surface area contributed by atoms with E-state index in [-0.39, 0.29) is 11.9 Å². The molecule has 0 spiro atoms. The molecule has 1 aromatic heterocycles. The van der Waals surface area contributed by atoms with E-state index in [0.717, 1.165) is 18.7 Å². The van der Waals surface area contributed by atoms with Gasteiger partial charge in [-0.3, -0.25) is 4.79 Å². The van der Waals surface area contributed by atoms with E-state index in [9.17, 15) is 4.79 Å². The Morgan fingerprint density at radius 3 is 2.78 bits per heavy atom. The Balaban J connectivity index is 2.24. The van der Waals surface area contributed by atoms with Gasteiger partial charge in [0.2, 0.25) is 5.91 Å². The highest BCUT2D eigenvalue weighted by molar-refractivity contribution is 5.76. The molecule has 0 bridgehead atoms. The number of hydrogen-bond donors (Lipinski definition) is 1. The van der Waals surface area contributed by atoms with Crippen LogP contribution >= 0.6 is 0 Å². The Kier molecular flexibility index (Phi) is 5.92. The molecule has 0 aliphatic heterocycles. The lowest BCUT2D eigenvalue weighted by Gasteiger charge is -2.21. The van der Waals surface area contributed by atoms with Gasteiger partial charge in [-0.1, -0.05) is 13.8 Å². The molecule has 1 rings (SSSR count). The average Bonchev–Trinajstić information content (AvgIpc) is 2.85. The molecule has 18 heavy (non-hydrogen) atoms. The lowest BCUT2D eigenvalue weighted by atomic mass is 10.0. The van der Waals surface area contributed by atoms with Gasteiger partial charge >= 0.3 is 0 Å². The highest BCUT2D eigenvalue weighted by Crippen LogP contribution is 2.07. The van der Waals surface area contributed by atoms with Crippen LogP contribution in [-0.4, -0.2) is 30.4 Å². The summed E-state index contributed by atoms with van der Waals surface area (Å²) in [6, 6.07) is 3.89. The molecular formula is C14H24N2O2. The number of nitrogens with two attached hydrogens (primary N) is 1. The monoisotopic (exact) mass is 252 g/mol. The third-order valence-electron chi connectivity index (χ3n) is 3.25. The van der Waals surface area contributed by atoms with Gasteiger partial charge in [-0.2, -0.15) is 0 Å². The second-order valence-electron chi connectivity index (χ2n) is 5.09. The van der Waals surface area contributed by atoms with Crippen molar-refractivity contribution in [1.29, 1.82) is 0 Å². The third-order valence-corrected chi connectivity index (χ3v) is 3.25. The topological polar surface area (TPSA) is 59.5 Å². The van der Waals surface area contributed by atoms with E-state index >= 15 is 0 Å². The molecule has 0 aliphatic rings. The molecule has 0 aliphatic carbocycles. The molecule has 2 N–H and O–H groups in total. The number of carbonyl (C=O) groups is 1. The maximum absolute atomic E-state index is 11.9. The van der Waals surface area contributed by atoms with Gasteiger partial charge in [0.1, 0.15) is 5.76 Å². The van der Waals surface area contributed by atoms with Gasteiger partial charge in [-0.05, 0) is 24.5 Å². The van der Waals surface area contributed by atoms with Crippen molar-refractivity contribution in [3.8, 4) is 0 Å². The quantitative estimate of drug-likeness (QED) is 0.808. The molecule has 1 unspecified atom stereocenters. The minimum atomic E-state index is 0.141. The van der Waals surface area contributed by atoms with Crippen molar-refractivity contribution in [2.45, 2.75) is 39.2 Å². The van der Waals surface area contributed by atoms with Gasteiger partial charge in [-0.25, -0.2) is 0 Å². The molecule has 0 saturated heterocycles. The van der Waals surface area contributed by atoms with Crippen LogP contribution in [0.4, 0.5) is 0 Å². The van der Waals surface area contributed by atoms with E-state index in [1.54, 1.807) is 11.2 Å². The van der Waals surface area contributed by atoms with E-state index < -0.39 is 0 Å². The number of rotatable bonds is 7. The maximum atomic E-state index is 11.9. The van der Waals surface area contributed by atoms with Gasteiger partial charge in [0.15, 0.2) is 0 Å². The molecule has 1 atom stereocenters. The van der Waals surface area contributed by atoms with Crippen LogP contribution in [0.5, 0.6) is 0 Å². The second kappa shape index (κ2) is 7.21. The Morgan fingerprint density at radius 1 is 1.50 bits per heavy atom. The Morgan fingerprint density at radius 2 is 2.22 bits per heavy atom. The number of nitrogens with zero attached hydrogens (tertiary/aromatic N) is 1. The molecule has 1 amide bonds. The zero-order valence-corrected chi connectivity index (χ0v) is 11.6. The summed E-state index contributed by atoms with van der Waals surface area (Å²) in [7, 11) is 1.83. The molecule has 0 aromatic carbocycles. The summed E-state index contributed by atoms with van der Waals surface area (Å²) in [4.78, 5) is 13.6. The predicted molar refractivity (Wildman–Crippen MR) is 72.1 cm³/mol. The highest BCUT2D eigenvalue weighted by Gasteiger charge is 2.13. The maximum Gasteiger partial charge on any atom is 0.222 e. The van der Waals surface area contributed by atoms with E-state index in [1.165, 1.54) is 0 Å². The molecular weight excluding hydrogens is 228 g/mol. The first-order valence-electron chi connectivity index (χ1n) is 6.52. The van der Waals surface area contributed by atoms with Crippen LogP contribution in [0.3, 0.4) is 0 Å². The standard InChI is InChI=1S/C14H24N2O2/c1-11(2)13(15)8-9-16(3)14(17)7-6-12-5-4-10-18-12/h4-5,10-11,13H,6-9,15H2,1-3H3. The van der Waals surface area contributed by atoms with Crippen molar-refractivity contribution in [1.82, 2.24) is 4.90 Å². The van der Waals surface area contributed by atoms with E-state index in [0.29, 0.717) is 18.8 Å². The molecule has 1 aromatic rings.